The summed E-state index contributed by atoms with van der Waals surface area (Å²) in [6.45, 7) is 3.18. The number of fused-ring (bicyclic) bond motifs is 1. The molecular formula is C10H14N4O3S. The van der Waals surface area contributed by atoms with E-state index in [1.54, 1.807) is 18.7 Å². The summed E-state index contributed by atoms with van der Waals surface area (Å²) in [5.74, 6) is 0.556. The molecule has 0 aliphatic carbocycles. The summed E-state index contributed by atoms with van der Waals surface area (Å²) in [5.41, 5.74) is 0. The molecule has 7 nitrogen and oxygen atoms in total. The smallest absolute Gasteiger partial charge is 0.372 e. The topological polar surface area (TPSA) is 81.7 Å². The van der Waals surface area contributed by atoms with Crippen molar-refractivity contribution in [1.82, 2.24) is 9.38 Å². The first-order valence-electron chi connectivity index (χ1n) is 5.46. The first kappa shape index (κ1) is 12.8. The Morgan fingerprint density at radius 2 is 2.50 bits per heavy atom. The van der Waals surface area contributed by atoms with Gasteiger partial charge in [0, 0.05) is 19.0 Å². The molecule has 0 aromatic carbocycles. The fourth-order valence-corrected chi connectivity index (χ4v) is 2.39. The summed E-state index contributed by atoms with van der Waals surface area (Å²) < 4.78 is 6.50. The molecule has 2 rings (SSSR count). The third-order valence-corrected chi connectivity index (χ3v) is 3.24. The summed E-state index contributed by atoms with van der Waals surface area (Å²) in [6, 6.07) is 0. The van der Waals surface area contributed by atoms with Gasteiger partial charge in [0.25, 0.3) is 4.96 Å². The zero-order chi connectivity index (χ0) is 13.1. The Hall–Kier alpha value is -1.67. The van der Waals surface area contributed by atoms with E-state index in [1.807, 2.05) is 6.92 Å². The van der Waals surface area contributed by atoms with Gasteiger partial charge in [0.15, 0.2) is 0 Å². The lowest BCUT2D eigenvalue weighted by molar-refractivity contribution is -0.389. The van der Waals surface area contributed by atoms with Gasteiger partial charge in [-0.25, -0.2) is 0 Å². The number of methoxy groups -OCH3 is 1. The summed E-state index contributed by atoms with van der Waals surface area (Å²) in [7, 11) is 1.63. The van der Waals surface area contributed by atoms with Crippen molar-refractivity contribution in [2.45, 2.75) is 6.92 Å². The van der Waals surface area contributed by atoms with Crippen LogP contribution in [0.4, 0.5) is 11.6 Å². The number of nitro groups is 1. The third-order valence-electron chi connectivity index (χ3n) is 2.48. The van der Waals surface area contributed by atoms with Crippen LogP contribution in [0.25, 0.3) is 4.96 Å². The van der Waals surface area contributed by atoms with Gasteiger partial charge < -0.3 is 20.2 Å². The molecule has 0 spiro atoms. The van der Waals surface area contributed by atoms with Gasteiger partial charge >= 0.3 is 5.82 Å². The molecule has 0 fully saturated rings. The minimum Gasteiger partial charge on any atom is -0.384 e. The van der Waals surface area contributed by atoms with Gasteiger partial charge in [-0.2, -0.15) is 9.38 Å². The van der Waals surface area contributed by atoms with Crippen molar-refractivity contribution in [1.29, 1.82) is 0 Å². The molecule has 8 heteroatoms. The molecule has 0 saturated carbocycles. The predicted octanol–water partition coefficient (Wildman–Crippen LogP) is 2.00. The van der Waals surface area contributed by atoms with Crippen molar-refractivity contribution in [2.75, 3.05) is 25.6 Å². The average Bonchev–Trinajstić information content (AvgIpc) is 2.85. The Kier molecular flexibility index (Phi) is 3.78. The molecule has 0 saturated heterocycles. The van der Waals surface area contributed by atoms with Crippen molar-refractivity contribution in [3.63, 3.8) is 0 Å². The van der Waals surface area contributed by atoms with Crippen molar-refractivity contribution in [3.05, 3.63) is 21.7 Å². The lowest BCUT2D eigenvalue weighted by atomic mass is 10.2. The molecule has 18 heavy (non-hydrogen) atoms. The van der Waals surface area contributed by atoms with Gasteiger partial charge in [0.2, 0.25) is 5.82 Å². The van der Waals surface area contributed by atoms with E-state index in [9.17, 15) is 10.1 Å². The summed E-state index contributed by atoms with van der Waals surface area (Å²) >= 11 is 1.37. The monoisotopic (exact) mass is 270 g/mol. The summed E-state index contributed by atoms with van der Waals surface area (Å²) in [6.07, 6.45) is 1.65. The molecule has 1 unspecified atom stereocenters. The molecule has 2 heterocycles. The Morgan fingerprint density at radius 1 is 1.72 bits per heavy atom. The Morgan fingerprint density at radius 3 is 3.17 bits per heavy atom. The standard InChI is InChI=1S/C10H14N4O3S/c1-7(6-17-2)5-11-8-9(14(15)16)13-3-4-18-10(13)12-8/h3-4,7,11H,5-6H2,1-2H3. The molecule has 0 aliphatic rings. The van der Waals surface area contributed by atoms with Crippen LogP contribution in [-0.2, 0) is 4.74 Å². The molecule has 1 atom stereocenters. The highest BCUT2D eigenvalue weighted by Crippen LogP contribution is 2.27. The van der Waals surface area contributed by atoms with Gasteiger partial charge in [-0.15, -0.1) is 0 Å². The first-order chi connectivity index (χ1) is 8.63. The van der Waals surface area contributed by atoms with Crippen LogP contribution in [0.2, 0.25) is 0 Å². The van der Waals surface area contributed by atoms with Crippen LogP contribution in [0.5, 0.6) is 0 Å². The lowest BCUT2D eigenvalue weighted by Gasteiger charge is -2.10. The Balaban J connectivity index is 2.19. The maximum absolute atomic E-state index is 11.0. The maximum atomic E-state index is 11.0. The van der Waals surface area contributed by atoms with E-state index in [0.29, 0.717) is 23.9 Å². The van der Waals surface area contributed by atoms with Crippen molar-refractivity contribution >= 4 is 27.9 Å². The third kappa shape index (κ3) is 2.44. The molecule has 0 bridgehead atoms. The van der Waals surface area contributed by atoms with E-state index in [4.69, 9.17) is 4.74 Å². The zero-order valence-electron chi connectivity index (χ0n) is 10.1. The number of nitrogens with zero attached hydrogens (tertiary/aromatic N) is 3. The number of hydrogen-bond donors (Lipinski definition) is 1. The van der Waals surface area contributed by atoms with E-state index in [-0.39, 0.29) is 11.7 Å². The van der Waals surface area contributed by atoms with E-state index < -0.39 is 4.92 Å². The fraction of sp³-hybridized carbons (Fsp3) is 0.500. The van der Waals surface area contributed by atoms with Crippen LogP contribution < -0.4 is 5.32 Å². The molecule has 2 aromatic heterocycles. The molecule has 1 N–H and O–H groups in total. The SMILES string of the molecule is COCC(C)CNc1nc2sccn2c1[N+](=O)[O-]. The molecule has 0 radical (unpaired) electrons. The first-order valence-corrected chi connectivity index (χ1v) is 6.34. The second-order valence-corrected chi connectivity index (χ2v) is 4.91. The lowest BCUT2D eigenvalue weighted by Crippen LogP contribution is -2.16. The van der Waals surface area contributed by atoms with Crippen molar-refractivity contribution < 1.29 is 9.66 Å². The number of thiazole rings is 1. The molecule has 98 valence electrons. The maximum Gasteiger partial charge on any atom is 0.372 e. The van der Waals surface area contributed by atoms with Crippen LogP contribution >= 0.6 is 11.3 Å². The van der Waals surface area contributed by atoms with Crippen molar-refractivity contribution in [2.24, 2.45) is 5.92 Å². The van der Waals surface area contributed by atoms with Gasteiger partial charge in [0.05, 0.1) is 6.61 Å². The molecule has 0 amide bonds. The summed E-state index contributed by atoms with van der Waals surface area (Å²) in [4.78, 5) is 15.5. The average molecular weight is 270 g/mol. The highest BCUT2D eigenvalue weighted by atomic mass is 32.1. The normalized spacial score (nSPS) is 12.8. The van der Waals surface area contributed by atoms with Crippen LogP contribution in [-0.4, -0.2) is 34.6 Å². The van der Waals surface area contributed by atoms with E-state index >= 15 is 0 Å². The van der Waals surface area contributed by atoms with Crippen LogP contribution in [0.1, 0.15) is 6.92 Å². The van der Waals surface area contributed by atoms with Gasteiger partial charge in [0.1, 0.15) is 6.20 Å². The minimum absolute atomic E-state index is 0.0177. The zero-order valence-corrected chi connectivity index (χ0v) is 10.9. The van der Waals surface area contributed by atoms with Crippen LogP contribution in [0.3, 0.4) is 0 Å². The van der Waals surface area contributed by atoms with Gasteiger partial charge in [-0.3, -0.25) is 0 Å². The molecule has 0 aliphatic heterocycles. The van der Waals surface area contributed by atoms with Gasteiger partial charge in [-0.1, -0.05) is 18.3 Å². The number of aromatic nitrogens is 2. The minimum atomic E-state index is -0.421. The highest BCUT2D eigenvalue weighted by Gasteiger charge is 2.23. The number of hydrogen-bond acceptors (Lipinski definition) is 6. The second kappa shape index (κ2) is 5.32. The number of nitrogens with one attached hydrogen (secondary N) is 1. The number of rotatable bonds is 6. The summed E-state index contributed by atoms with van der Waals surface area (Å²) in [5, 5.41) is 15.8. The fourth-order valence-electron chi connectivity index (χ4n) is 1.68. The molecular weight excluding hydrogens is 256 g/mol. The second-order valence-electron chi connectivity index (χ2n) is 4.04. The quantitative estimate of drug-likeness (QED) is 0.641. The van der Waals surface area contributed by atoms with Crippen LogP contribution in [0.15, 0.2) is 11.6 Å². The largest absolute Gasteiger partial charge is 0.384 e. The van der Waals surface area contributed by atoms with E-state index in [0.717, 1.165) is 0 Å². The van der Waals surface area contributed by atoms with E-state index in [2.05, 4.69) is 10.3 Å². The molecule has 2 aromatic rings. The predicted molar refractivity (Wildman–Crippen MR) is 69.3 cm³/mol. The Bertz CT molecular complexity index is 550. The number of anilines is 1. The highest BCUT2D eigenvalue weighted by molar-refractivity contribution is 7.15. The number of imidazole rings is 1. The van der Waals surface area contributed by atoms with Crippen molar-refractivity contribution in [3.8, 4) is 0 Å². The number of ether oxygens (including phenoxy) is 1. The van der Waals surface area contributed by atoms with E-state index in [1.165, 1.54) is 15.7 Å². The Labute approximate surface area is 108 Å². The van der Waals surface area contributed by atoms with Crippen LogP contribution in [0, 0.1) is 16.0 Å². The van der Waals surface area contributed by atoms with Gasteiger partial charge in [-0.05, 0) is 10.8 Å².